The van der Waals surface area contributed by atoms with E-state index in [0.29, 0.717) is 11.5 Å². The molecule has 0 atom stereocenters. The SMILES string of the molecule is Cc1nc(C#N)cc(N(C)CCc2ccc(Br)cc2)n1. The maximum absolute atomic E-state index is 8.94. The molecule has 0 fully saturated rings. The largest absolute Gasteiger partial charge is 0.359 e. The zero-order valence-corrected chi connectivity index (χ0v) is 13.1. The summed E-state index contributed by atoms with van der Waals surface area (Å²) in [4.78, 5) is 10.5. The van der Waals surface area contributed by atoms with Crippen LogP contribution in [0.5, 0.6) is 0 Å². The number of nitriles is 1. The first-order valence-electron chi connectivity index (χ1n) is 6.30. The number of likely N-dealkylation sites (N-methyl/N-ethyl adjacent to an activating group) is 1. The second-order valence-electron chi connectivity index (χ2n) is 4.57. The summed E-state index contributed by atoms with van der Waals surface area (Å²) in [6.07, 6.45) is 0.925. The molecule has 0 radical (unpaired) electrons. The monoisotopic (exact) mass is 330 g/mol. The molecule has 0 aliphatic carbocycles. The van der Waals surface area contributed by atoms with Crippen LogP contribution in [0.15, 0.2) is 34.8 Å². The minimum Gasteiger partial charge on any atom is -0.359 e. The standard InChI is InChI=1S/C15H15BrN4/c1-11-18-14(10-17)9-15(19-11)20(2)8-7-12-3-5-13(16)6-4-12/h3-6,9H,7-8H2,1-2H3. The maximum Gasteiger partial charge on any atom is 0.146 e. The summed E-state index contributed by atoms with van der Waals surface area (Å²) in [7, 11) is 1.97. The average molecular weight is 331 g/mol. The number of hydrogen-bond donors (Lipinski definition) is 0. The molecule has 2 rings (SSSR count). The lowest BCUT2D eigenvalue weighted by molar-refractivity contribution is 0.847. The van der Waals surface area contributed by atoms with Crippen LogP contribution in [0, 0.1) is 18.3 Å². The minimum absolute atomic E-state index is 0.406. The van der Waals surface area contributed by atoms with E-state index in [4.69, 9.17) is 5.26 Å². The van der Waals surface area contributed by atoms with Gasteiger partial charge in [0.2, 0.25) is 0 Å². The molecule has 0 N–H and O–H groups in total. The van der Waals surface area contributed by atoms with E-state index in [1.165, 1.54) is 5.56 Å². The molecule has 1 aromatic heterocycles. The Morgan fingerprint density at radius 3 is 2.60 bits per heavy atom. The van der Waals surface area contributed by atoms with Gasteiger partial charge in [0.05, 0.1) is 0 Å². The molecule has 0 saturated heterocycles. The topological polar surface area (TPSA) is 52.8 Å². The van der Waals surface area contributed by atoms with Crippen molar-refractivity contribution in [1.29, 1.82) is 5.26 Å². The van der Waals surface area contributed by atoms with Crippen LogP contribution in [0.1, 0.15) is 17.1 Å². The van der Waals surface area contributed by atoms with Crippen molar-refractivity contribution >= 4 is 21.7 Å². The molecule has 0 spiro atoms. The van der Waals surface area contributed by atoms with E-state index >= 15 is 0 Å². The smallest absolute Gasteiger partial charge is 0.146 e. The lowest BCUT2D eigenvalue weighted by atomic mass is 10.1. The molecule has 2 aromatic rings. The third-order valence-corrected chi connectivity index (χ3v) is 3.51. The molecule has 0 bridgehead atoms. The van der Waals surface area contributed by atoms with E-state index < -0.39 is 0 Å². The molecule has 20 heavy (non-hydrogen) atoms. The van der Waals surface area contributed by atoms with Crippen LogP contribution in [-0.4, -0.2) is 23.6 Å². The van der Waals surface area contributed by atoms with Gasteiger partial charge in [-0.15, -0.1) is 0 Å². The van der Waals surface area contributed by atoms with Crippen molar-refractivity contribution in [3.63, 3.8) is 0 Å². The quantitative estimate of drug-likeness (QED) is 0.864. The van der Waals surface area contributed by atoms with Crippen LogP contribution in [0.25, 0.3) is 0 Å². The summed E-state index contributed by atoms with van der Waals surface area (Å²) in [5, 5.41) is 8.94. The summed E-state index contributed by atoms with van der Waals surface area (Å²) < 4.78 is 1.08. The van der Waals surface area contributed by atoms with Gasteiger partial charge in [-0.1, -0.05) is 28.1 Å². The van der Waals surface area contributed by atoms with E-state index in [1.54, 1.807) is 13.0 Å². The molecule has 5 heteroatoms. The van der Waals surface area contributed by atoms with Crippen LogP contribution < -0.4 is 4.90 Å². The summed E-state index contributed by atoms with van der Waals surface area (Å²) in [6.45, 7) is 2.63. The highest BCUT2D eigenvalue weighted by molar-refractivity contribution is 9.10. The zero-order valence-electron chi connectivity index (χ0n) is 11.5. The van der Waals surface area contributed by atoms with Crippen molar-refractivity contribution < 1.29 is 0 Å². The van der Waals surface area contributed by atoms with E-state index in [1.807, 2.05) is 24.1 Å². The number of halogens is 1. The number of aromatic nitrogens is 2. The highest BCUT2D eigenvalue weighted by Gasteiger charge is 2.06. The number of rotatable bonds is 4. The second-order valence-corrected chi connectivity index (χ2v) is 5.48. The van der Waals surface area contributed by atoms with Crippen molar-refractivity contribution in [1.82, 2.24) is 9.97 Å². The molecule has 0 saturated carbocycles. The predicted molar refractivity (Wildman–Crippen MR) is 82.6 cm³/mol. The molecule has 0 aliphatic heterocycles. The van der Waals surface area contributed by atoms with E-state index in [0.717, 1.165) is 23.3 Å². The summed E-state index contributed by atoms with van der Waals surface area (Å²) in [5.74, 6) is 1.40. The molecular formula is C15H15BrN4. The van der Waals surface area contributed by atoms with E-state index in [2.05, 4.69) is 44.1 Å². The van der Waals surface area contributed by atoms with E-state index in [-0.39, 0.29) is 0 Å². The first-order chi connectivity index (χ1) is 9.58. The third kappa shape index (κ3) is 3.78. The molecule has 4 nitrogen and oxygen atoms in total. The Bertz CT molecular complexity index is 631. The third-order valence-electron chi connectivity index (χ3n) is 2.98. The van der Waals surface area contributed by atoms with Gasteiger partial charge in [-0.3, -0.25) is 0 Å². The van der Waals surface area contributed by atoms with Crippen molar-refractivity contribution in [3.05, 3.63) is 51.9 Å². The normalized spacial score (nSPS) is 10.1. The Labute approximate surface area is 127 Å². The summed E-state index contributed by atoms with van der Waals surface area (Å²) >= 11 is 3.43. The fourth-order valence-corrected chi connectivity index (χ4v) is 2.13. The molecule has 0 aliphatic rings. The number of hydrogen-bond acceptors (Lipinski definition) is 4. The van der Waals surface area contributed by atoms with Gasteiger partial charge in [-0.2, -0.15) is 5.26 Å². The summed E-state index contributed by atoms with van der Waals surface area (Å²) in [5.41, 5.74) is 1.68. The van der Waals surface area contributed by atoms with Crippen LogP contribution >= 0.6 is 15.9 Å². The number of benzene rings is 1. The Balaban J connectivity index is 2.05. The molecule has 1 aromatic carbocycles. The predicted octanol–water partition coefficient (Wildman–Crippen LogP) is 3.10. The number of anilines is 1. The molecule has 0 unspecified atom stereocenters. The molecule has 1 heterocycles. The van der Waals surface area contributed by atoms with Crippen molar-refractivity contribution in [2.45, 2.75) is 13.3 Å². The van der Waals surface area contributed by atoms with Gasteiger partial charge in [-0.25, -0.2) is 9.97 Å². The van der Waals surface area contributed by atoms with Gasteiger partial charge in [0.15, 0.2) is 0 Å². The van der Waals surface area contributed by atoms with Crippen LogP contribution in [0.4, 0.5) is 5.82 Å². The van der Waals surface area contributed by atoms with Gasteiger partial charge >= 0.3 is 0 Å². The van der Waals surface area contributed by atoms with Crippen molar-refractivity contribution in [2.24, 2.45) is 0 Å². The number of aryl methyl sites for hydroxylation is 1. The molecule has 0 amide bonds. The Kier molecular flexibility index (Phi) is 4.70. The minimum atomic E-state index is 0.406. The Hall–Kier alpha value is -1.93. The van der Waals surface area contributed by atoms with Crippen LogP contribution in [0.2, 0.25) is 0 Å². The van der Waals surface area contributed by atoms with Crippen molar-refractivity contribution in [3.8, 4) is 6.07 Å². The maximum atomic E-state index is 8.94. The zero-order chi connectivity index (χ0) is 14.5. The van der Waals surface area contributed by atoms with E-state index in [9.17, 15) is 0 Å². The van der Waals surface area contributed by atoms with Gasteiger partial charge in [0.25, 0.3) is 0 Å². The fraction of sp³-hybridized carbons (Fsp3) is 0.267. The van der Waals surface area contributed by atoms with Gasteiger partial charge < -0.3 is 4.90 Å². The summed E-state index contributed by atoms with van der Waals surface area (Å²) in [6, 6.07) is 12.1. The van der Waals surface area contributed by atoms with Crippen LogP contribution in [-0.2, 0) is 6.42 Å². The second kappa shape index (κ2) is 6.49. The lowest BCUT2D eigenvalue weighted by Gasteiger charge is -2.18. The van der Waals surface area contributed by atoms with Crippen LogP contribution in [0.3, 0.4) is 0 Å². The Morgan fingerprint density at radius 2 is 1.95 bits per heavy atom. The van der Waals surface area contributed by atoms with Gasteiger partial charge in [-0.05, 0) is 31.0 Å². The number of nitrogens with zero attached hydrogens (tertiary/aromatic N) is 4. The highest BCUT2D eigenvalue weighted by Crippen LogP contribution is 2.14. The first kappa shape index (κ1) is 14.5. The molecule has 102 valence electrons. The average Bonchev–Trinajstić information content (AvgIpc) is 2.45. The fourth-order valence-electron chi connectivity index (χ4n) is 1.87. The first-order valence-corrected chi connectivity index (χ1v) is 7.09. The van der Waals surface area contributed by atoms with Gasteiger partial charge in [0.1, 0.15) is 23.4 Å². The Morgan fingerprint density at radius 1 is 1.25 bits per heavy atom. The van der Waals surface area contributed by atoms with Crippen molar-refractivity contribution in [2.75, 3.05) is 18.5 Å². The van der Waals surface area contributed by atoms with Gasteiger partial charge in [0, 0.05) is 24.1 Å². The highest BCUT2D eigenvalue weighted by atomic mass is 79.9. The lowest BCUT2D eigenvalue weighted by Crippen LogP contribution is -2.22. The molecular weight excluding hydrogens is 316 g/mol.